The van der Waals surface area contributed by atoms with Crippen LogP contribution in [0.2, 0.25) is 0 Å². The van der Waals surface area contributed by atoms with Crippen molar-refractivity contribution in [3.8, 4) is 0 Å². The molecule has 6 heteroatoms. The van der Waals surface area contributed by atoms with E-state index in [1.165, 1.54) is 0 Å². The van der Waals surface area contributed by atoms with E-state index in [4.69, 9.17) is 15.1 Å². The predicted octanol–water partition coefficient (Wildman–Crippen LogP) is -3.24. The molecule has 0 aliphatic carbocycles. The smallest absolute Gasteiger partial charge is 0.402 e. The zero-order chi connectivity index (χ0) is 3.58. The van der Waals surface area contributed by atoms with Crippen molar-refractivity contribution in [2.24, 2.45) is 0 Å². The summed E-state index contributed by atoms with van der Waals surface area (Å²) in [7, 11) is -2.17. The fraction of sp³-hybridized carbons (Fsp3) is 0. The molecule has 0 aliphatic rings. The molecule has 0 aromatic heterocycles. The average Bonchev–Trinajstić information content (AvgIpc) is 0.811. The van der Waals surface area contributed by atoms with Crippen LogP contribution in [0.25, 0.3) is 0 Å². The van der Waals surface area contributed by atoms with Gasteiger partial charge >= 0.3 is 7.32 Å². The first kappa shape index (κ1) is 15.7. The van der Waals surface area contributed by atoms with Gasteiger partial charge in [-0.15, -0.1) is 0 Å². The molecular weight excluding hydrogens is 131 g/mol. The Morgan fingerprint density at radius 1 is 1.00 bits per heavy atom. The first-order valence-corrected chi connectivity index (χ1v) is 0.775. The Balaban J connectivity index is -0.0000000450. The summed E-state index contributed by atoms with van der Waals surface area (Å²) >= 11 is 0. The summed E-state index contributed by atoms with van der Waals surface area (Å²) in [5.41, 5.74) is 0. The van der Waals surface area contributed by atoms with Crippen LogP contribution in [0.5, 0.6) is 0 Å². The van der Waals surface area contributed by atoms with Crippen LogP contribution in [0.15, 0.2) is 0 Å². The van der Waals surface area contributed by atoms with Gasteiger partial charge in [-0.3, -0.25) is 0 Å². The molecule has 3 nitrogen and oxygen atoms in total. The molecule has 0 aromatic carbocycles. The van der Waals surface area contributed by atoms with Crippen LogP contribution in [-0.2, 0) is 25.8 Å². The Labute approximate surface area is 65.5 Å². The van der Waals surface area contributed by atoms with Crippen LogP contribution in [0, 0.1) is 0 Å². The number of hydrogen-bond donors (Lipinski definition) is 3. The van der Waals surface area contributed by atoms with E-state index in [-0.39, 0.29) is 43.2 Å². The fourth-order valence-corrected chi connectivity index (χ4v) is 0. The van der Waals surface area contributed by atoms with E-state index in [0.717, 1.165) is 0 Å². The molecule has 3 N–H and O–H groups in total. The topological polar surface area (TPSA) is 60.7 Å². The summed E-state index contributed by atoms with van der Waals surface area (Å²) in [6.45, 7) is 0. The van der Waals surface area contributed by atoms with Crippen LogP contribution in [0.1, 0.15) is 0 Å². The maximum atomic E-state index is 7.17. The molecule has 0 fully saturated rings. The second-order valence-electron chi connectivity index (χ2n) is 0.346. The molecule has 6 heavy (non-hydrogen) atoms. The van der Waals surface area contributed by atoms with E-state index in [1.807, 2.05) is 0 Å². The Hall–Kier alpha value is 1.35. The maximum Gasteiger partial charge on any atom is 0.631 e. The SMILES string of the molecule is OB(O)O.[AlH3].[Sc]. The molecular formula is H6AlBO3Sc. The average molecular weight is 137 g/mol. The third kappa shape index (κ3) is 55.7. The van der Waals surface area contributed by atoms with Gasteiger partial charge in [-0.25, -0.2) is 0 Å². The summed E-state index contributed by atoms with van der Waals surface area (Å²) in [5.74, 6) is 0. The molecule has 0 atom stereocenters. The fourth-order valence-electron chi connectivity index (χ4n) is 0. The zero-order valence-electron chi connectivity index (χ0n) is 2.50. The van der Waals surface area contributed by atoms with Crippen molar-refractivity contribution >= 4 is 24.7 Å². The molecule has 1 radical (unpaired) electrons. The summed E-state index contributed by atoms with van der Waals surface area (Å²) < 4.78 is 0. The number of hydrogen-bond acceptors (Lipinski definition) is 3. The normalized spacial score (nSPS) is 4.50. The molecule has 0 spiro atoms. The van der Waals surface area contributed by atoms with Gasteiger partial charge in [0.2, 0.25) is 0 Å². The van der Waals surface area contributed by atoms with Crippen molar-refractivity contribution in [3.05, 3.63) is 0 Å². The van der Waals surface area contributed by atoms with Gasteiger partial charge < -0.3 is 15.1 Å². The van der Waals surface area contributed by atoms with Crippen molar-refractivity contribution in [1.82, 2.24) is 0 Å². The second-order valence-corrected chi connectivity index (χ2v) is 0.346. The summed E-state index contributed by atoms with van der Waals surface area (Å²) in [5, 5.41) is 21.5. The summed E-state index contributed by atoms with van der Waals surface area (Å²) in [4.78, 5) is 0. The first-order valence-electron chi connectivity index (χ1n) is 0.775. The van der Waals surface area contributed by atoms with Gasteiger partial charge in [0.1, 0.15) is 0 Å². The van der Waals surface area contributed by atoms with Crippen LogP contribution < -0.4 is 0 Å². The monoisotopic (exact) mass is 137 g/mol. The minimum absolute atomic E-state index is 0. The van der Waals surface area contributed by atoms with Crippen molar-refractivity contribution in [1.29, 1.82) is 0 Å². The van der Waals surface area contributed by atoms with Crippen molar-refractivity contribution in [3.63, 3.8) is 0 Å². The van der Waals surface area contributed by atoms with E-state index >= 15 is 0 Å². The van der Waals surface area contributed by atoms with Crippen LogP contribution in [-0.4, -0.2) is 39.8 Å². The molecule has 0 saturated heterocycles. The summed E-state index contributed by atoms with van der Waals surface area (Å²) in [6, 6.07) is 0. The van der Waals surface area contributed by atoms with Gasteiger partial charge in [0.25, 0.3) is 0 Å². The Morgan fingerprint density at radius 2 is 1.00 bits per heavy atom. The van der Waals surface area contributed by atoms with Gasteiger partial charge in [-0.05, 0) is 0 Å². The van der Waals surface area contributed by atoms with Crippen molar-refractivity contribution in [2.75, 3.05) is 0 Å². The maximum absolute atomic E-state index is 7.17. The third-order valence-electron chi connectivity index (χ3n) is 0. The summed E-state index contributed by atoms with van der Waals surface area (Å²) in [6.07, 6.45) is 0. The van der Waals surface area contributed by atoms with Gasteiger partial charge in [0.15, 0.2) is 17.4 Å². The van der Waals surface area contributed by atoms with E-state index in [9.17, 15) is 0 Å². The van der Waals surface area contributed by atoms with E-state index in [0.29, 0.717) is 0 Å². The van der Waals surface area contributed by atoms with Gasteiger partial charge in [-0.1, -0.05) is 0 Å². The molecule has 0 aromatic rings. The van der Waals surface area contributed by atoms with Crippen LogP contribution in [0.4, 0.5) is 0 Å². The van der Waals surface area contributed by atoms with Crippen molar-refractivity contribution in [2.45, 2.75) is 0 Å². The Bertz CT molecular complexity index is 15.5. The minimum Gasteiger partial charge on any atom is -0.402 e. The van der Waals surface area contributed by atoms with E-state index < -0.39 is 7.32 Å². The van der Waals surface area contributed by atoms with E-state index in [1.54, 1.807) is 0 Å². The molecule has 0 amide bonds. The van der Waals surface area contributed by atoms with Gasteiger partial charge in [0, 0.05) is 25.8 Å². The second kappa shape index (κ2) is 9.60. The van der Waals surface area contributed by atoms with E-state index in [2.05, 4.69) is 0 Å². The first-order chi connectivity index (χ1) is 1.73. The largest absolute Gasteiger partial charge is 0.631 e. The quantitative estimate of drug-likeness (QED) is 0.307. The Morgan fingerprint density at radius 3 is 1.00 bits per heavy atom. The third-order valence-corrected chi connectivity index (χ3v) is 0. The standard InChI is InChI=1S/Al.BH3O3.Sc.3H/c;2-1(3)4;;;;/h;2-4H;;;;. The molecule has 0 saturated carbocycles. The predicted molar refractivity (Wildman–Crippen MR) is 22.3 cm³/mol. The molecule has 0 bridgehead atoms. The van der Waals surface area contributed by atoms with Crippen LogP contribution >= 0.6 is 0 Å². The molecule has 0 unspecified atom stereocenters. The molecule has 0 heterocycles. The van der Waals surface area contributed by atoms with Gasteiger partial charge in [-0.2, -0.15) is 0 Å². The molecule has 0 rings (SSSR count). The zero-order valence-corrected chi connectivity index (χ0v) is 4.30. The van der Waals surface area contributed by atoms with Crippen molar-refractivity contribution < 1.29 is 40.9 Å². The number of rotatable bonds is 0. The van der Waals surface area contributed by atoms with Gasteiger partial charge in [0.05, 0.1) is 0 Å². The Kier molecular flexibility index (Phi) is 25.1. The minimum atomic E-state index is -2.17. The molecule has 33 valence electrons. The van der Waals surface area contributed by atoms with Crippen LogP contribution in [0.3, 0.4) is 0 Å². The molecule has 0 aliphatic heterocycles.